The lowest BCUT2D eigenvalue weighted by molar-refractivity contribution is 0.385. The smallest absolute Gasteiger partial charge is 0.134 e. The van der Waals surface area contributed by atoms with Crippen LogP contribution in [0.15, 0.2) is 65.9 Å². The standard InChI is InChI=1S/C24H22O5/c25-18-7-1-14(2-8-18)11-17-6-5-16-13-21(27)20(24(29)22(16)23(17)28)12-15-3-9-19(26)10-4-15/h1,3-7,9-10,13,25-29H,2,8,11-12H2. The van der Waals surface area contributed by atoms with Crippen molar-refractivity contribution in [2.45, 2.75) is 25.7 Å². The Kier molecular flexibility index (Phi) is 4.80. The highest BCUT2D eigenvalue weighted by Gasteiger charge is 2.18. The van der Waals surface area contributed by atoms with Crippen LogP contribution in [0.2, 0.25) is 0 Å². The first-order chi connectivity index (χ1) is 13.9. The Morgan fingerprint density at radius 2 is 1.48 bits per heavy atom. The van der Waals surface area contributed by atoms with Crippen LogP contribution in [0.5, 0.6) is 23.0 Å². The molecule has 5 N–H and O–H groups in total. The number of hydrogen-bond donors (Lipinski definition) is 5. The molecule has 0 atom stereocenters. The van der Waals surface area contributed by atoms with Gasteiger partial charge in [0.25, 0.3) is 0 Å². The fourth-order valence-corrected chi connectivity index (χ4v) is 3.72. The number of fused-ring (bicyclic) bond motifs is 1. The Labute approximate surface area is 168 Å². The Morgan fingerprint density at radius 3 is 2.17 bits per heavy atom. The maximum absolute atomic E-state index is 10.9. The molecule has 0 amide bonds. The largest absolute Gasteiger partial charge is 0.512 e. The molecule has 5 nitrogen and oxygen atoms in total. The van der Waals surface area contributed by atoms with E-state index in [1.807, 2.05) is 6.08 Å². The Hall–Kier alpha value is -3.60. The molecule has 0 heterocycles. The van der Waals surface area contributed by atoms with Crippen LogP contribution < -0.4 is 0 Å². The fraction of sp³-hybridized carbons (Fsp3) is 0.167. The van der Waals surface area contributed by atoms with Crippen LogP contribution in [0.3, 0.4) is 0 Å². The van der Waals surface area contributed by atoms with Gasteiger partial charge in [0.05, 0.1) is 11.1 Å². The van der Waals surface area contributed by atoms with Crippen molar-refractivity contribution >= 4 is 10.8 Å². The molecule has 3 aromatic rings. The average Bonchev–Trinajstić information content (AvgIpc) is 2.70. The summed E-state index contributed by atoms with van der Waals surface area (Å²) in [6.45, 7) is 0. The molecular weight excluding hydrogens is 368 g/mol. The monoisotopic (exact) mass is 390 g/mol. The third kappa shape index (κ3) is 3.72. The van der Waals surface area contributed by atoms with Gasteiger partial charge in [0.1, 0.15) is 23.0 Å². The number of phenolic OH excluding ortho intramolecular Hbond substituents is 4. The van der Waals surface area contributed by atoms with Gasteiger partial charge >= 0.3 is 0 Å². The van der Waals surface area contributed by atoms with Gasteiger partial charge in [-0.05, 0) is 53.6 Å². The number of hydrogen-bond acceptors (Lipinski definition) is 5. The van der Waals surface area contributed by atoms with Crippen LogP contribution in [0.1, 0.15) is 29.5 Å². The van der Waals surface area contributed by atoms with E-state index in [-0.39, 0.29) is 29.4 Å². The third-order valence-electron chi connectivity index (χ3n) is 5.37. The number of aliphatic hydroxyl groups is 1. The van der Waals surface area contributed by atoms with Crippen LogP contribution >= 0.6 is 0 Å². The summed E-state index contributed by atoms with van der Waals surface area (Å²) in [5, 5.41) is 52.0. The van der Waals surface area contributed by atoms with Crippen molar-refractivity contribution in [2.75, 3.05) is 0 Å². The molecule has 0 spiro atoms. The highest BCUT2D eigenvalue weighted by Crippen LogP contribution is 2.43. The lowest BCUT2D eigenvalue weighted by Crippen LogP contribution is -1.98. The summed E-state index contributed by atoms with van der Waals surface area (Å²) in [7, 11) is 0. The lowest BCUT2D eigenvalue weighted by Gasteiger charge is -2.16. The second-order valence-corrected chi connectivity index (χ2v) is 7.40. The second kappa shape index (κ2) is 7.43. The third-order valence-corrected chi connectivity index (χ3v) is 5.37. The number of benzene rings is 3. The molecule has 0 aliphatic heterocycles. The molecule has 4 rings (SSSR count). The van der Waals surface area contributed by atoms with E-state index in [9.17, 15) is 25.5 Å². The number of rotatable bonds is 4. The molecule has 5 heteroatoms. The van der Waals surface area contributed by atoms with Crippen LogP contribution in [-0.2, 0) is 12.8 Å². The van der Waals surface area contributed by atoms with Crippen LogP contribution in [0.25, 0.3) is 10.8 Å². The van der Waals surface area contributed by atoms with E-state index < -0.39 is 0 Å². The molecule has 0 unspecified atom stereocenters. The minimum absolute atomic E-state index is 0.00775. The molecule has 0 aromatic heterocycles. The normalized spacial score (nSPS) is 13.9. The van der Waals surface area contributed by atoms with Crippen molar-refractivity contribution in [3.8, 4) is 23.0 Å². The first-order valence-electron chi connectivity index (χ1n) is 9.46. The van der Waals surface area contributed by atoms with E-state index in [1.165, 1.54) is 6.07 Å². The SMILES string of the molecule is OC1=CC=C(Cc2ccc3cc(O)c(Cc4ccc(O)cc4)c(O)c3c2O)CC1. The van der Waals surface area contributed by atoms with E-state index in [4.69, 9.17) is 0 Å². The summed E-state index contributed by atoms with van der Waals surface area (Å²) < 4.78 is 0. The maximum Gasteiger partial charge on any atom is 0.134 e. The average molecular weight is 390 g/mol. The van der Waals surface area contributed by atoms with E-state index >= 15 is 0 Å². The van der Waals surface area contributed by atoms with E-state index in [2.05, 4.69) is 0 Å². The fourth-order valence-electron chi connectivity index (χ4n) is 3.72. The summed E-state index contributed by atoms with van der Waals surface area (Å²) in [6, 6.07) is 11.6. The van der Waals surface area contributed by atoms with E-state index in [0.717, 1.165) is 11.1 Å². The van der Waals surface area contributed by atoms with Crippen molar-refractivity contribution in [1.82, 2.24) is 0 Å². The van der Waals surface area contributed by atoms with Gasteiger partial charge in [-0.1, -0.05) is 35.9 Å². The number of phenols is 4. The number of aromatic hydroxyl groups is 4. The maximum atomic E-state index is 10.9. The summed E-state index contributed by atoms with van der Waals surface area (Å²) in [6.07, 6.45) is 5.59. The van der Waals surface area contributed by atoms with E-state index in [0.29, 0.717) is 46.9 Å². The predicted molar refractivity (Wildman–Crippen MR) is 112 cm³/mol. The van der Waals surface area contributed by atoms with Gasteiger partial charge in [-0.2, -0.15) is 0 Å². The summed E-state index contributed by atoms with van der Waals surface area (Å²) in [4.78, 5) is 0. The molecule has 1 aliphatic carbocycles. The van der Waals surface area contributed by atoms with Gasteiger partial charge in [-0.15, -0.1) is 0 Å². The predicted octanol–water partition coefficient (Wildman–Crippen LogP) is 4.96. The zero-order valence-corrected chi connectivity index (χ0v) is 15.8. The highest BCUT2D eigenvalue weighted by molar-refractivity contribution is 5.97. The first kappa shape index (κ1) is 18.7. The van der Waals surface area contributed by atoms with Gasteiger partial charge in [0.2, 0.25) is 0 Å². The number of allylic oxidation sites excluding steroid dienone is 4. The zero-order valence-electron chi connectivity index (χ0n) is 15.8. The van der Waals surface area contributed by atoms with Gasteiger partial charge in [0, 0.05) is 18.4 Å². The molecule has 0 saturated heterocycles. The first-order valence-corrected chi connectivity index (χ1v) is 9.46. The summed E-state index contributed by atoms with van der Waals surface area (Å²) in [5.41, 5.74) is 2.89. The van der Waals surface area contributed by atoms with Crippen LogP contribution in [0.4, 0.5) is 0 Å². The van der Waals surface area contributed by atoms with Gasteiger partial charge in [-0.3, -0.25) is 0 Å². The molecule has 29 heavy (non-hydrogen) atoms. The molecule has 0 saturated carbocycles. The van der Waals surface area contributed by atoms with Crippen molar-refractivity contribution in [3.05, 3.63) is 82.6 Å². The van der Waals surface area contributed by atoms with Crippen LogP contribution in [0, 0.1) is 0 Å². The molecule has 1 aliphatic rings. The van der Waals surface area contributed by atoms with Crippen molar-refractivity contribution in [3.63, 3.8) is 0 Å². The molecule has 0 radical (unpaired) electrons. The quantitative estimate of drug-likeness (QED) is 0.434. The second-order valence-electron chi connectivity index (χ2n) is 7.40. The molecular formula is C24H22O5. The van der Waals surface area contributed by atoms with Crippen molar-refractivity contribution in [1.29, 1.82) is 0 Å². The summed E-state index contributed by atoms with van der Waals surface area (Å²) in [5.74, 6) is 0.284. The molecule has 0 bridgehead atoms. The van der Waals surface area contributed by atoms with Gasteiger partial charge < -0.3 is 25.5 Å². The minimum Gasteiger partial charge on any atom is -0.512 e. The van der Waals surface area contributed by atoms with Crippen molar-refractivity contribution in [2.24, 2.45) is 0 Å². The van der Waals surface area contributed by atoms with Crippen LogP contribution in [-0.4, -0.2) is 25.5 Å². The Balaban J connectivity index is 1.75. The topological polar surface area (TPSA) is 101 Å². The molecule has 0 fully saturated rings. The van der Waals surface area contributed by atoms with Gasteiger partial charge in [0.15, 0.2) is 0 Å². The van der Waals surface area contributed by atoms with Gasteiger partial charge in [-0.25, -0.2) is 0 Å². The summed E-state index contributed by atoms with van der Waals surface area (Å²) >= 11 is 0. The van der Waals surface area contributed by atoms with Crippen molar-refractivity contribution < 1.29 is 25.5 Å². The molecule has 3 aromatic carbocycles. The Bertz CT molecular complexity index is 1140. The molecule has 148 valence electrons. The highest BCUT2D eigenvalue weighted by atomic mass is 16.3. The minimum atomic E-state index is -0.150. The lowest BCUT2D eigenvalue weighted by atomic mass is 9.92. The number of aliphatic hydroxyl groups excluding tert-OH is 1. The van der Waals surface area contributed by atoms with E-state index in [1.54, 1.807) is 42.5 Å². The Morgan fingerprint density at radius 1 is 0.724 bits per heavy atom. The zero-order chi connectivity index (χ0) is 20.5.